The van der Waals surface area contributed by atoms with Gasteiger partial charge >= 0.3 is 12.1 Å². The molecule has 0 saturated carbocycles. The Kier molecular flexibility index (Phi) is 13.2. The number of nitrogens with one attached hydrogen (secondary N) is 2. The molecule has 2 aliphatic rings. The summed E-state index contributed by atoms with van der Waals surface area (Å²) in [4.78, 5) is 61.3. The lowest BCUT2D eigenvalue weighted by atomic mass is 9.96. The molecule has 1 aromatic carbocycles. The molecule has 3 N–H and O–H groups in total. The highest BCUT2D eigenvalue weighted by molar-refractivity contribution is 5.97. The van der Waals surface area contributed by atoms with Gasteiger partial charge in [-0.05, 0) is 56.8 Å². The van der Waals surface area contributed by atoms with Crippen molar-refractivity contribution in [2.45, 2.75) is 58.4 Å². The van der Waals surface area contributed by atoms with Crippen molar-refractivity contribution in [2.24, 2.45) is 5.92 Å². The van der Waals surface area contributed by atoms with Crippen LogP contribution in [-0.4, -0.2) is 109 Å². The van der Waals surface area contributed by atoms with E-state index >= 15 is 0 Å². The van der Waals surface area contributed by atoms with Crippen LogP contribution in [0.1, 0.15) is 62.9 Å². The number of carbonyl (C=O) groups excluding carboxylic acids is 3. The molecular weight excluding hydrogens is 588 g/mol. The summed E-state index contributed by atoms with van der Waals surface area (Å²) in [5, 5.41) is 15.6. The SMILES string of the molecule is CCCCOC(=O)N1CCN(C(=O)[C@H](CCC(=O)O)NC(=O)c2cc(N3CCC(CNCC)CC3)cc(-c3ccccc3)n2)CC1. The molecule has 1 aromatic heterocycles. The van der Waals surface area contributed by atoms with Crippen LogP contribution in [0.5, 0.6) is 0 Å². The number of benzene rings is 1. The van der Waals surface area contributed by atoms with Crippen molar-refractivity contribution in [1.29, 1.82) is 0 Å². The number of aliphatic carboxylic acids is 1. The van der Waals surface area contributed by atoms with Crippen molar-refractivity contribution in [3.8, 4) is 11.3 Å². The third kappa shape index (κ3) is 9.90. The van der Waals surface area contributed by atoms with Crippen LogP contribution in [0.15, 0.2) is 42.5 Å². The van der Waals surface area contributed by atoms with Crippen molar-refractivity contribution >= 4 is 29.6 Å². The Morgan fingerprint density at radius 3 is 2.33 bits per heavy atom. The highest BCUT2D eigenvalue weighted by Gasteiger charge is 2.31. The topological polar surface area (TPSA) is 144 Å². The van der Waals surface area contributed by atoms with Crippen molar-refractivity contribution in [2.75, 3.05) is 63.9 Å². The van der Waals surface area contributed by atoms with Gasteiger partial charge in [0.1, 0.15) is 11.7 Å². The standard InChI is InChI=1S/C34H48N6O6/c1-3-5-21-46-34(45)40-19-17-39(18-20-40)33(44)28(11-12-31(41)42)37-32(43)30-23-27(22-29(36-30)26-9-7-6-8-10-26)38-15-13-25(14-16-38)24-35-4-2/h6-10,22-23,25,28,35H,3-5,11-21,24H2,1-2H3,(H,37,43)(H,41,42)/t28-/m0/s1. The highest BCUT2D eigenvalue weighted by atomic mass is 16.6. The maximum Gasteiger partial charge on any atom is 0.409 e. The fraction of sp³-hybridized carbons (Fsp3) is 0.559. The molecule has 4 rings (SSSR count). The van der Waals surface area contributed by atoms with E-state index in [4.69, 9.17) is 4.74 Å². The molecule has 0 bridgehead atoms. The van der Waals surface area contributed by atoms with E-state index in [9.17, 15) is 24.3 Å². The number of piperazine rings is 1. The molecule has 0 spiro atoms. The van der Waals surface area contributed by atoms with Gasteiger partial charge in [0.15, 0.2) is 0 Å². The highest BCUT2D eigenvalue weighted by Crippen LogP contribution is 2.28. The number of anilines is 1. The second-order valence-corrected chi connectivity index (χ2v) is 11.9. The number of hydrogen-bond acceptors (Lipinski definition) is 8. The molecule has 46 heavy (non-hydrogen) atoms. The first-order chi connectivity index (χ1) is 22.3. The van der Waals surface area contributed by atoms with Gasteiger partial charge in [-0.3, -0.25) is 14.4 Å². The number of aromatic nitrogens is 1. The average Bonchev–Trinajstić information content (AvgIpc) is 3.09. The van der Waals surface area contributed by atoms with Crippen molar-refractivity contribution in [3.63, 3.8) is 0 Å². The number of pyridine rings is 1. The summed E-state index contributed by atoms with van der Waals surface area (Å²) in [7, 11) is 0. The number of piperidine rings is 1. The molecule has 0 unspecified atom stereocenters. The molecule has 250 valence electrons. The number of ether oxygens (including phenoxy) is 1. The Balaban J connectivity index is 1.49. The quantitative estimate of drug-likeness (QED) is 0.265. The van der Waals surface area contributed by atoms with Gasteiger partial charge in [0, 0.05) is 56.9 Å². The van der Waals surface area contributed by atoms with Crippen LogP contribution >= 0.6 is 0 Å². The number of amides is 3. The predicted octanol–water partition coefficient (Wildman–Crippen LogP) is 3.62. The Labute approximate surface area is 271 Å². The number of carboxylic acid groups (broad SMARTS) is 1. The minimum atomic E-state index is -1.06. The predicted molar refractivity (Wildman–Crippen MR) is 176 cm³/mol. The summed E-state index contributed by atoms with van der Waals surface area (Å²) in [5.74, 6) is -1.38. The van der Waals surface area contributed by atoms with Gasteiger partial charge in [0.05, 0.1) is 12.3 Å². The lowest BCUT2D eigenvalue weighted by Crippen LogP contribution is -2.56. The Bertz CT molecular complexity index is 1310. The summed E-state index contributed by atoms with van der Waals surface area (Å²) in [6, 6.07) is 12.3. The number of rotatable bonds is 14. The summed E-state index contributed by atoms with van der Waals surface area (Å²) in [5.41, 5.74) is 2.56. The van der Waals surface area contributed by atoms with Gasteiger partial charge in [-0.1, -0.05) is 50.6 Å². The van der Waals surface area contributed by atoms with E-state index in [2.05, 4.69) is 27.4 Å². The molecule has 2 fully saturated rings. The minimum Gasteiger partial charge on any atom is -0.481 e. The Morgan fingerprint density at radius 1 is 0.978 bits per heavy atom. The van der Waals surface area contributed by atoms with E-state index in [-0.39, 0.29) is 37.5 Å². The van der Waals surface area contributed by atoms with E-state index in [0.29, 0.717) is 31.3 Å². The van der Waals surface area contributed by atoms with Crippen molar-refractivity contribution in [3.05, 3.63) is 48.2 Å². The summed E-state index contributed by atoms with van der Waals surface area (Å²) < 4.78 is 5.30. The molecule has 0 aliphatic carbocycles. The van der Waals surface area contributed by atoms with E-state index in [1.807, 2.05) is 43.3 Å². The fourth-order valence-electron chi connectivity index (χ4n) is 5.80. The Morgan fingerprint density at radius 2 is 1.67 bits per heavy atom. The summed E-state index contributed by atoms with van der Waals surface area (Å²) >= 11 is 0. The van der Waals surface area contributed by atoms with Crippen LogP contribution in [0.4, 0.5) is 10.5 Å². The summed E-state index contributed by atoms with van der Waals surface area (Å²) in [6.07, 6.45) is 3.02. The van der Waals surface area contributed by atoms with Gasteiger partial charge in [-0.15, -0.1) is 0 Å². The molecule has 1 atom stereocenters. The van der Waals surface area contributed by atoms with E-state index in [1.165, 1.54) is 0 Å². The molecule has 2 aliphatic heterocycles. The number of carboxylic acids is 1. The zero-order valence-corrected chi connectivity index (χ0v) is 27.1. The molecule has 2 aromatic rings. The van der Waals surface area contributed by atoms with Crippen molar-refractivity contribution in [1.82, 2.24) is 25.4 Å². The van der Waals surface area contributed by atoms with Crippen molar-refractivity contribution < 1.29 is 29.0 Å². The number of carbonyl (C=O) groups is 4. The molecular formula is C34H48N6O6. The molecule has 0 radical (unpaired) electrons. The molecule has 12 heteroatoms. The van der Waals surface area contributed by atoms with Crippen LogP contribution in [0.3, 0.4) is 0 Å². The monoisotopic (exact) mass is 636 g/mol. The third-order valence-electron chi connectivity index (χ3n) is 8.60. The van der Waals surface area contributed by atoms with Crippen LogP contribution in [0.2, 0.25) is 0 Å². The van der Waals surface area contributed by atoms with Gasteiger partial charge in [-0.25, -0.2) is 9.78 Å². The smallest absolute Gasteiger partial charge is 0.409 e. The first-order valence-corrected chi connectivity index (χ1v) is 16.5. The Hall–Kier alpha value is -4.19. The van der Waals surface area contributed by atoms with E-state index < -0.39 is 24.0 Å². The molecule has 3 heterocycles. The van der Waals surface area contributed by atoms with E-state index in [1.54, 1.807) is 15.9 Å². The van der Waals surface area contributed by atoms with Crippen LogP contribution in [0.25, 0.3) is 11.3 Å². The zero-order chi connectivity index (χ0) is 32.9. The summed E-state index contributed by atoms with van der Waals surface area (Å²) in [6.45, 7) is 9.25. The second-order valence-electron chi connectivity index (χ2n) is 11.9. The molecule has 2 saturated heterocycles. The maximum absolute atomic E-state index is 13.8. The molecule has 3 amide bonds. The first-order valence-electron chi connectivity index (χ1n) is 16.5. The van der Waals surface area contributed by atoms with Gasteiger partial charge in [0.25, 0.3) is 5.91 Å². The molecule has 12 nitrogen and oxygen atoms in total. The number of hydrogen-bond donors (Lipinski definition) is 3. The normalized spacial score (nSPS) is 16.2. The average molecular weight is 637 g/mol. The largest absolute Gasteiger partial charge is 0.481 e. The second kappa shape index (κ2) is 17.5. The zero-order valence-electron chi connectivity index (χ0n) is 27.1. The van der Waals surface area contributed by atoms with Crippen LogP contribution in [0, 0.1) is 5.92 Å². The first kappa shape index (κ1) is 34.7. The third-order valence-corrected chi connectivity index (χ3v) is 8.60. The maximum atomic E-state index is 13.8. The number of unbranched alkanes of at least 4 members (excludes halogenated alkanes) is 1. The lowest BCUT2D eigenvalue weighted by molar-refractivity contribution is -0.138. The van der Waals surface area contributed by atoms with Crippen LogP contribution in [-0.2, 0) is 14.3 Å². The fourth-order valence-corrected chi connectivity index (χ4v) is 5.80. The van der Waals surface area contributed by atoms with E-state index in [0.717, 1.165) is 63.1 Å². The lowest BCUT2D eigenvalue weighted by Gasteiger charge is -2.36. The number of nitrogens with zero attached hydrogens (tertiary/aromatic N) is 4. The van der Waals surface area contributed by atoms with Gasteiger partial charge in [0.2, 0.25) is 5.91 Å². The minimum absolute atomic E-state index is 0.0658. The van der Waals surface area contributed by atoms with Gasteiger partial charge < -0.3 is 35.2 Å². The van der Waals surface area contributed by atoms with Crippen LogP contribution < -0.4 is 15.5 Å². The van der Waals surface area contributed by atoms with Gasteiger partial charge in [-0.2, -0.15) is 0 Å².